The van der Waals surface area contributed by atoms with Crippen molar-refractivity contribution in [2.24, 2.45) is 5.41 Å². The molecule has 24 heavy (non-hydrogen) atoms. The minimum atomic E-state index is -0.531. The average molecular weight is 334 g/mol. The molecule has 0 radical (unpaired) electrons. The second kappa shape index (κ2) is 5.87. The summed E-state index contributed by atoms with van der Waals surface area (Å²) in [5.74, 6) is 0.0809. The molecule has 1 N–H and O–H groups in total. The van der Waals surface area contributed by atoms with Crippen LogP contribution in [0.2, 0.25) is 0 Å². The molecule has 1 aliphatic rings. The van der Waals surface area contributed by atoms with E-state index in [9.17, 15) is 4.79 Å². The summed E-state index contributed by atoms with van der Waals surface area (Å²) in [7, 11) is 0. The van der Waals surface area contributed by atoms with Crippen LogP contribution < -0.4 is 5.32 Å². The molecule has 1 amide bonds. The van der Waals surface area contributed by atoms with E-state index in [2.05, 4.69) is 47.6 Å². The molecule has 0 fully saturated rings. The van der Waals surface area contributed by atoms with Gasteiger partial charge >= 0.3 is 0 Å². The van der Waals surface area contributed by atoms with Crippen molar-refractivity contribution in [1.82, 2.24) is 4.98 Å². The van der Waals surface area contributed by atoms with Crippen LogP contribution in [-0.2, 0) is 11.2 Å². The number of anilines is 1. The molecule has 1 aliphatic carbocycles. The molecule has 0 spiro atoms. The molecule has 4 rings (SSSR count). The number of carbonyl (C=O) groups excluding carboxylic acids is 1. The lowest BCUT2D eigenvalue weighted by atomic mass is 9.73. The van der Waals surface area contributed by atoms with Crippen molar-refractivity contribution in [2.45, 2.75) is 19.3 Å². The van der Waals surface area contributed by atoms with Crippen molar-refractivity contribution in [2.75, 3.05) is 5.32 Å². The largest absolute Gasteiger partial charge is 0.301 e. The van der Waals surface area contributed by atoms with Gasteiger partial charge in [-0.15, -0.1) is 11.3 Å². The Morgan fingerprint density at radius 1 is 1.17 bits per heavy atom. The molecule has 0 unspecified atom stereocenters. The third kappa shape index (κ3) is 2.43. The standard InChI is InChI=1S/C20H18N2OS/c1-20(18(23)22-19-21-11-12-24-19)13-15-9-5-6-10-16(15)17(20)14-7-3-2-4-8-14/h2-12,17H,13H2,1H3,(H,21,22,23)/t17-,20+/m1/s1. The van der Waals surface area contributed by atoms with Crippen LogP contribution in [0.15, 0.2) is 66.2 Å². The van der Waals surface area contributed by atoms with Crippen LogP contribution in [-0.4, -0.2) is 10.9 Å². The molecule has 2 atom stereocenters. The van der Waals surface area contributed by atoms with Gasteiger partial charge in [0.05, 0.1) is 5.41 Å². The zero-order chi connectivity index (χ0) is 16.6. The van der Waals surface area contributed by atoms with Gasteiger partial charge in [-0.05, 0) is 30.0 Å². The van der Waals surface area contributed by atoms with Crippen molar-refractivity contribution in [3.8, 4) is 0 Å². The third-order valence-electron chi connectivity index (χ3n) is 4.87. The fourth-order valence-corrected chi connectivity index (χ4v) is 4.27. The van der Waals surface area contributed by atoms with Crippen LogP contribution in [0.4, 0.5) is 5.13 Å². The van der Waals surface area contributed by atoms with Gasteiger partial charge in [0.25, 0.3) is 0 Å². The second-order valence-electron chi connectivity index (χ2n) is 6.43. The summed E-state index contributed by atoms with van der Waals surface area (Å²) in [5.41, 5.74) is 3.15. The Labute approximate surface area is 145 Å². The number of fused-ring (bicyclic) bond motifs is 1. The number of aromatic nitrogens is 1. The maximum absolute atomic E-state index is 13.1. The molecule has 120 valence electrons. The fourth-order valence-electron chi connectivity index (χ4n) is 3.75. The quantitative estimate of drug-likeness (QED) is 0.767. The van der Waals surface area contributed by atoms with Gasteiger partial charge in [-0.25, -0.2) is 4.98 Å². The lowest BCUT2D eigenvalue weighted by Crippen LogP contribution is -2.37. The summed E-state index contributed by atoms with van der Waals surface area (Å²) in [6, 6.07) is 18.7. The van der Waals surface area contributed by atoms with Crippen LogP contribution in [0.25, 0.3) is 0 Å². The van der Waals surface area contributed by atoms with E-state index in [1.807, 2.05) is 29.6 Å². The summed E-state index contributed by atoms with van der Waals surface area (Å²) < 4.78 is 0. The first-order valence-corrected chi connectivity index (χ1v) is 8.90. The lowest BCUT2D eigenvalue weighted by molar-refractivity contribution is -0.125. The normalized spacial score (nSPS) is 22.1. The minimum absolute atomic E-state index is 0.0301. The van der Waals surface area contributed by atoms with Gasteiger partial charge in [0.1, 0.15) is 0 Å². The molecule has 3 aromatic rings. The van der Waals surface area contributed by atoms with Crippen molar-refractivity contribution in [3.05, 3.63) is 82.9 Å². The molecular weight excluding hydrogens is 316 g/mol. The first-order valence-electron chi connectivity index (χ1n) is 8.02. The first kappa shape index (κ1) is 15.1. The van der Waals surface area contributed by atoms with Crippen molar-refractivity contribution >= 4 is 22.4 Å². The van der Waals surface area contributed by atoms with E-state index in [0.29, 0.717) is 5.13 Å². The zero-order valence-electron chi connectivity index (χ0n) is 13.4. The SMILES string of the molecule is C[C@]1(C(=O)Nc2nccs2)Cc2ccccc2[C@H]1c1ccccc1. The van der Waals surface area contributed by atoms with Crippen LogP contribution in [0.3, 0.4) is 0 Å². The third-order valence-corrected chi connectivity index (χ3v) is 5.55. The Morgan fingerprint density at radius 2 is 1.92 bits per heavy atom. The van der Waals surface area contributed by atoms with E-state index < -0.39 is 5.41 Å². The topological polar surface area (TPSA) is 42.0 Å². The fraction of sp³-hybridized carbons (Fsp3) is 0.200. The molecule has 0 aliphatic heterocycles. The van der Waals surface area contributed by atoms with Gasteiger partial charge in [0, 0.05) is 17.5 Å². The maximum Gasteiger partial charge on any atom is 0.233 e. The van der Waals surface area contributed by atoms with Gasteiger partial charge in [0.15, 0.2) is 5.13 Å². The van der Waals surface area contributed by atoms with E-state index in [1.165, 1.54) is 28.0 Å². The number of rotatable bonds is 3. The highest BCUT2D eigenvalue weighted by Gasteiger charge is 2.48. The number of hydrogen-bond donors (Lipinski definition) is 1. The van der Waals surface area contributed by atoms with E-state index >= 15 is 0 Å². The van der Waals surface area contributed by atoms with Crippen LogP contribution in [0.5, 0.6) is 0 Å². The Morgan fingerprint density at radius 3 is 2.67 bits per heavy atom. The Bertz CT molecular complexity index is 860. The zero-order valence-corrected chi connectivity index (χ0v) is 14.2. The highest BCUT2D eigenvalue weighted by atomic mass is 32.1. The van der Waals surface area contributed by atoms with Gasteiger partial charge < -0.3 is 5.32 Å². The van der Waals surface area contributed by atoms with E-state index in [0.717, 1.165) is 6.42 Å². The smallest absolute Gasteiger partial charge is 0.233 e. The number of nitrogens with one attached hydrogen (secondary N) is 1. The van der Waals surface area contributed by atoms with Crippen LogP contribution in [0.1, 0.15) is 29.5 Å². The molecule has 3 nitrogen and oxygen atoms in total. The van der Waals surface area contributed by atoms with Crippen molar-refractivity contribution in [3.63, 3.8) is 0 Å². The van der Waals surface area contributed by atoms with Crippen molar-refractivity contribution in [1.29, 1.82) is 0 Å². The minimum Gasteiger partial charge on any atom is -0.301 e. The molecule has 0 saturated carbocycles. The molecule has 2 aromatic carbocycles. The average Bonchev–Trinajstić information content (AvgIpc) is 3.21. The van der Waals surface area contributed by atoms with Gasteiger partial charge in [-0.2, -0.15) is 0 Å². The molecule has 0 bridgehead atoms. The predicted octanol–water partition coefficient (Wildman–Crippen LogP) is 4.48. The van der Waals surface area contributed by atoms with Crippen molar-refractivity contribution < 1.29 is 4.79 Å². The Balaban J connectivity index is 1.77. The van der Waals surface area contributed by atoms with E-state index in [1.54, 1.807) is 6.20 Å². The Hall–Kier alpha value is -2.46. The molecule has 1 aromatic heterocycles. The van der Waals surface area contributed by atoms with Gasteiger partial charge in [-0.3, -0.25) is 4.79 Å². The van der Waals surface area contributed by atoms with E-state index in [4.69, 9.17) is 0 Å². The number of benzene rings is 2. The maximum atomic E-state index is 13.1. The van der Waals surface area contributed by atoms with Gasteiger partial charge in [0.2, 0.25) is 5.91 Å². The highest BCUT2D eigenvalue weighted by Crippen LogP contribution is 2.51. The van der Waals surface area contributed by atoms with E-state index in [-0.39, 0.29) is 11.8 Å². The molecule has 1 heterocycles. The predicted molar refractivity (Wildman–Crippen MR) is 97.3 cm³/mol. The Kier molecular flexibility index (Phi) is 3.69. The number of thiazole rings is 1. The van der Waals surface area contributed by atoms with Crippen LogP contribution in [0, 0.1) is 5.41 Å². The first-order chi connectivity index (χ1) is 11.7. The number of nitrogens with zero attached hydrogens (tertiary/aromatic N) is 1. The molecular formula is C20H18N2OS. The summed E-state index contributed by atoms with van der Waals surface area (Å²) in [5, 5.41) is 5.53. The second-order valence-corrected chi connectivity index (χ2v) is 7.32. The molecule has 4 heteroatoms. The number of hydrogen-bond acceptors (Lipinski definition) is 3. The lowest BCUT2D eigenvalue weighted by Gasteiger charge is -2.30. The molecule has 0 saturated heterocycles. The summed E-state index contributed by atoms with van der Waals surface area (Å²) >= 11 is 1.45. The summed E-state index contributed by atoms with van der Waals surface area (Å²) in [4.78, 5) is 17.3. The van der Waals surface area contributed by atoms with Gasteiger partial charge in [-0.1, -0.05) is 54.6 Å². The summed E-state index contributed by atoms with van der Waals surface area (Å²) in [6.45, 7) is 2.06. The monoisotopic (exact) mass is 334 g/mol. The number of amides is 1. The number of carbonyl (C=O) groups is 1. The summed E-state index contributed by atoms with van der Waals surface area (Å²) in [6.07, 6.45) is 2.45. The van der Waals surface area contributed by atoms with Crippen LogP contribution >= 0.6 is 11.3 Å². The highest BCUT2D eigenvalue weighted by molar-refractivity contribution is 7.13.